The normalized spacial score (nSPS) is 11.2. The zero-order valence-corrected chi connectivity index (χ0v) is 19.3. The number of thiazole rings is 1. The van der Waals surface area contributed by atoms with Crippen LogP contribution in [0.15, 0.2) is 75.9 Å². The van der Waals surface area contributed by atoms with Gasteiger partial charge in [-0.15, -0.1) is 0 Å². The molecule has 170 valence electrons. The number of aromatic nitrogens is 2. The van der Waals surface area contributed by atoms with E-state index in [-0.39, 0.29) is 16.5 Å². The second-order valence-electron chi connectivity index (χ2n) is 8.09. The van der Waals surface area contributed by atoms with Crippen molar-refractivity contribution in [2.24, 2.45) is 0 Å². The van der Waals surface area contributed by atoms with E-state index in [1.54, 1.807) is 0 Å². The molecular formula is C27H22N2O4S. The molecule has 5 rings (SSSR count). The van der Waals surface area contributed by atoms with Gasteiger partial charge in [0.25, 0.3) is 0 Å². The molecular weight excluding hydrogens is 448 g/mol. The fraction of sp³-hybridized carbons (Fsp3) is 0.148. The summed E-state index contributed by atoms with van der Waals surface area (Å²) in [6, 6.07) is 21.1. The van der Waals surface area contributed by atoms with Crippen molar-refractivity contribution in [1.29, 1.82) is 0 Å². The van der Waals surface area contributed by atoms with Crippen molar-refractivity contribution in [2.45, 2.75) is 26.2 Å². The van der Waals surface area contributed by atoms with Crippen LogP contribution < -0.4 is 4.87 Å². The standard InChI is InChI=1S/C27H22N2O4S/c1-16-22(28-26(33-16)17-7-3-2-4-8-17)13-14-23(30)21-12-11-18(19-9-5-6-10-20(19)21)15-24-25(31)29-27(32)34-24/h2-12,31H,13-15H2,1H3,(H,29,32). The average Bonchev–Trinajstić information content (AvgIpc) is 3.38. The number of benzene rings is 3. The number of rotatable bonds is 7. The number of carbonyl (C=O) groups is 1. The lowest BCUT2D eigenvalue weighted by Gasteiger charge is -2.10. The Morgan fingerprint density at radius 2 is 1.76 bits per heavy atom. The van der Waals surface area contributed by atoms with Crippen molar-refractivity contribution < 1.29 is 14.3 Å². The van der Waals surface area contributed by atoms with Crippen molar-refractivity contribution in [2.75, 3.05) is 0 Å². The van der Waals surface area contributed by atoms with E-state index in [0.717, 1.165) is 44.7 Å². The van der Waals surface area contributed by atoms with Gasteiger partial charge in [-0.25, -0.2) is 4.98 Å². The first-order chi connectivity index (χ1) is 16.5. The van der Waals surface area contributed by atoms with Crippen LogP contribution in [0.5, 0.6) is 5.88 Å². The van der Waals surface area contributed by atoms with E-state index in [0.29, 0.717) is 35.6 Å². The number of H-pyrrole nitrogens is 1. The van der Waals surface area contributed by atoms with E-state index in [4.69, 9.17) is 4.42 Å². The van der Waals surface area contributed by atoms with E-state index in [1.807, 2.05) is 73.7 Å². The van der Waals surface area contributed by atoms with Crippen LogP contribution in [0, 0.1) is 6.92 Å². The number of nitrogens with zero attached hydrogens (tertiary/aromatic N) is 1. The van der Waals surface area contributed by atoms with Crippen molar-refractivity contribution in [3.63, 3.8) is 0 Å². The van der Waals surface area contributed by atoms with Crippen LogP contribution in [0.1, 0.15) is 38.7 Å². The molecule has 0 aliphatic carbocycles. The minimum Gasteiger partial charge on any atom is -0.494 e. The van der Waals surface area contributed by atoms with Gasteiger partial charge in [0.05, 0.1) is 10.6 Å². The molecule has 3 aromatic carbocycles. The first kappa shape index (κ1) is 21.9. The molecule has 0 spiro atoms. The predicted octanol–water partition coefficient (Wildman–Crippen LogP) is 5.66. The van der Waals surface area contributed by atoms with Gasteiger partial charge in [-0.05, 0) is 35.4 Å². The summed E-state index contributed by atoms with van der Waals surface area (Å²) in [5.41, 5.74) is 3.28. The Hall–Kier alpha value is -3.97. The summed E-state index contributed by atoms with van der Waals surface area (Å²) < 4.78 is 5.83. The molecule has 2 aromatic heterocycles. The van der Waals surface area contributed by atoms with Crippen LogP contribution in [0.25, 0.3) is 22.2 Å². The molecule has 0 fully saturated rings. The second kappa shape index (κ2) is 9.11. The third-order valence-electron chi connectivity index (χ3n) is 5.87. The minimum atomic E-state index is -0.290. The highest BCUT2D eigenvalue weighted by molar-refractivity contribution is 7.09. The van der Waals surface area contributed by atoms with Gasteiger partial charge in [-0.1, -0.05) is 65.9 Å². The van der Waals surface area contributed by atoms with Gasteiger partial charge in [0.1, 0.15) is 5.76 Å². The van der Waals surface area contributed by atoms with Gasteiger partial charge < -0.3 is 9.52 Å². The number of aromatic amines is 1. The van der Waals surface area contributed by atoms with E-state index < -0.39 is 0 Å². The summed E-state index contributed by atoms with van der Waals surface area (Å²) in [6.07, 6.45) is 1.21. The number of fused-ring (bicyclic) bond motifs is 1. The largest absolute Gasteiger partial charge is 0.494 e. The molecule has 6 nitrogen and oxygen atoms in total. The fourth-order valence-corrected chi connectivity index (χ4v) is 4.88. The Kier molecular flexibility index (Phi) is 5.86. The number of nitrogens with one attached hydrogen (secondary N) is 1. The Labute approximate surface area is 199 Å². The van der Waals surface area contributed by atoms with Gasteiger partial charge in [0.15, 0.2) is 5.78 Å². The lowest BCUT2D eigenvalue weighted by molar-refractivity contribution is 0.0984. The number of oxazole rings is 1. The molecule has 0 radical (unpaired) electrons. The quantitative estimate of drug-likeness (QED) is 0.299. The van der Waals surface area contributed by atoms with Gasteiger partial charge >= 0.3 is 4.87 Å². The number of hydrogen-bond acceptors (Lipinski definition) is 6. The van der Waals surface area contributed by atoms with Crippen molar-refractivity contribution in [3.05, 3.63) is 104 Å². The summed E-state index contributed by atoms with van der Waals surface area (Å²) in [5, 5.41) is 11.8. The highest BCUT2D eigenvalue weighted by Gasteiger charge is 2.17. The van der Waals surface area contributed by atoms with Crippen LogP contribution in [-0.4, -0.2) is 20.9 Å². The molecule has 2 heterocycles. The van der Waals surface area contributed by atoms with E-state index in [9.17, 15) is 14.7 Å². The van der Waals surface area contributed by atoms with Crippen LogP contribution in [0.2, 0.25) is 0 Å². The smallest absolute Gasteiger partial charge is 0.307 e. The maximum atomic E-state index is 13.2. The first-order valence-corrected chi connectivity index (χ1v) is 11.8. The first-order valence-electron chi connectivity index (χ1n) is 11.0. The van der Waals surface area contributed by atoms with Gasteiger partial charge in [-0.3, -0.25) is 14.6 Å². The molecule has 2 N–H and O–H groups in total. The number of Topliss-reactive ketones (excluding diaryl/α,β-unsaturated/α-hetero) is 1. The Morgan fingerprint density at radius 1 is 1.03 bits per heavy atom. The second-order valence-corrected chi connectivity index (χ2v) is 9.16. The Bertz CT molecular complexity index is 1550. The lowest BCUT2D eigenvalue weighted by atomic mass is 9.94. The summed E-state index contributed by atoms with van der Waals surface area (Å²) in [7, 11) is 0. The van der Waals surface area contributed by atoms with Crippen molar-refractivity contribution in [1.82, 2.24) is 9.97 Å². The maximum absolute atomic E-state index is 13.2. The molecule has 0 atom stereocenters. The molecule has 0 aliphatic heterocycles. The van der Waals surface area contributed by atoms with E-state index >= 15 is 0 Å². The van der Waals surface area contributed by atoms with E-state index in [1.165, 1.54) is 0 Å². The molecule has 0 bridgehead atoms. The molecule has 0 amide bonds. The van der Waals surface area contributed by atoms with Crippen LogP contribution in [-0.2, 0) is 12.8 Å². The summed E-state index contributed by atoms with van der Waals surface area (Å²) in [4.78, 5) is 32.1. The third kappa shape index (κ3) is 4.30. The third-order valence-corrected chi connectivity index (χ3v) is 6.74. The molecule has 7 heteroatoms. The van der Waals surface area contributed by atoms with Crippen molar-refractivity contribution >= 4 is 27.9 Å². The molecule has 5 aromatic rings. The Morgan fingerprint density at radius 3 is 2.50 bits per heavy atom. The lowest BCUT2D eigenvalue weighted by Crippen LogP contribution is -2.04. The van der Waals surface area contributed by atoms with Crippen LogP contribution in [0.3, 0.4) is 0 Å². The number of aryl methyl sites for hydroxylation is 2. The number of carbonyl (C=O) groups excluding carboxylic acids is 1. The van der Waals surface area contributed by atoms with Crippen molar-refractivity contribution in [3.8, 4) is 17.3 Å². The molecule has 0 saturated carbocycles. The predicted molar refractivity (Wildman–Crippen MR) is 133 cm³/mol. The molecule has 0 aliphatic rings. The molecule has 0 saturated heterocycles. The van der Waals surface area contributed by atoms with Gasteiger partial charge in [0.2, 0.25) is 11.8 Å². The van der Waals surface area contributed by atoms with Crippen LogP contribution in [0.4, 0.5) is 0 Å². The summed E-state index contributed by atoms with van der Waals surface area (Å²) in [5.74, 6) is 1.21. The Balaban J connectivity index is 1.38. The zero-order chi connectivity index (χ0) is 23.7. The number of hydrogen-bond donors (Lipinski definition) is 2. The highest BCUT2D eigenvalue weighted by Crippen LogP contribution is 2.29. The van der Waals surface area contributed by atoms with Crippen LogP contribution >= 0.6 is 11.3 Å². The minimum absolute atomic E-state index is 0.0283. The average molecular weight is 471 g/mol. The zero-order valence-electron chi connectivity index (χ0n) is 18.5. The highest BCUT2D eigenvalue weighted by atomic mass is 32.1. The molecule has 34 heavy (non-hydrogen) atoms. The van der Waals surface area contributed by atoms with Gasteiger partial charge in [0, 0.05) is 30.4 Å². The number of ketones is 1. The summed E-state index contributed by atoms with van der Waals surface area (Å²) in [6.45, 7) is 1.87. The fourth-order valence-electron chi connectivity index (χ4n) is 4.13. The summed E-state index contributed by atoms with van der Waals surface area (Å²) >= 11 is 0.992. The number of aromatic hydroxyl groups is 1. The monoisotopic (exact) mass is 470 g/mol. The van der Waals surface area contributed by atoms with Gasteiger partial charge in [-0.2, -0.15) is 0 Å². The SMILES string of the molecule is Cc1oc(-c2ccccc2)nc1CCC(=O)c1ccc(Cc2sc(=O)[nH]c2O)c2ccccc12. The maximum Gasteiger partial charge on any atom is 0.307 e. The van der Waals surface area contributed by atoms with E-state index in [2.05, 4.69) is 9.97 Å². The topological polar surface area (TPSA) is 96.2 Å². The molecule has 0 unspecified atom stereocenters.